The highest BCUT2D eigenvalue weighted by atomic mass is 32.1. The number of thiocarbonyl (C=S) groups is 1. The van der Waals surface area contributed by atoms with Gasteiger partial charge in [0.25, 0.3) is 0 Å². The number of hydrogen-bond donors (Lipinski definition) is 0. The lowest BCUT2D eigenvalue weighted by Crippen LogP contribution is -1.89. The number of rotatable bonds is 2. The van der Waals surface area contributed by atoms with Gasteiger partial charge in [-0.25, -0.2) is 9.67 Å². The zero-order valence-corrected chi connectivity index (χ0v) is 8.15. The standard InChI is InChI=1S/C8H6N4OS/c1-12-7(10-5-14)4-6(11-12)8-9-2-3-13-8/h2-4H,1H3. The van der Waals surface area contributed by atoms with Crippen molar-refractivity contribution in [3.05, 3.63) is 18.5 Å². The molecule has 14 heavy (non-hydrogen) atoms. The third-order valence-corrected chi connectivity index (χ3v) is 1.76. The SMILES string of the molecule is Cn1nc(-c2ncco2)cc1N=C=S. The molecule has 0 atom stereocenters. The lowest BCUT2D eigenvalue weighted by molar-refractivity contribution is 0.570. The fourth-order valence-corrected chi connectivity index (χ4v) is 1.16. The molecule has 2 heterocycles. The van der Waals surface area contributed by atoms with Crippen molar-refractivity contribution in [1.29, 1.82) is 0 Å². The highest BCUT2D eigenvalue weighted by Gasteiger charge is 2.09. The largest absolute Gasteiger partial charge is 0.443 e. The summed E-state index contributed by atoms with van der Waals surface area (Å²) in [6.45, 7) is 0. The molecule has 5 nitrogen and oxygen atoms in total. The molecular formula is C8H6N4OS. The molecular weight excluding hydrogens is 200 g/mol. The van der Waals surface area contributed by atoms with Gasteiger partial charge in [0.2, 0.25) is 5.89 Å². The van der Waals surface area contributed by atoms with Crippen LogP contribution in [0.4, 0.5) is 5.82 Å². The summed E-state index contributed by atoms with van der Waals surface area (Å²) in [6.07, 6.45) is 3.05. The Morgan fingerprint density at radius 2 is 2.50 bits per heavy atom. The number of aliphatic imine (C=N–C) groups is 1. The van der Waals surface area contributed by atoms with Crippen LogP contribution < -0.4 is 0 Å². The van der Waals surface area contributed by atoms with Crippen LogP contribution in [0.15, 0.2) is 27.9 Å². The number of nitrogens with zero attached hydrogens (tertiary/aromatic N) is 4. The van der Waals surface area contributed by atoms with E-state index in [2.05, 4.69) is 32.5 Å². The van der Waals surface area contributed by atoms with Crippen LogP contribution in [0.1, 0.15) is 0 Å². The zero-order valence-electron chi connectivity index (χ0n) is 7.34. The predicted molar refractivity (Wildman–Crippen MR) is 53.4 cm³/mol. The van der Waals surface area contributed by atoms with Crippen molar-refractivity contribution in [2.45, 2.75) is 0 Å². The Labute approximate surface area is 85.1 Å². The van der Waals surface area contributed by atoms with E-state index >= 15 is 0 Å². The number of aromatic nitrogens is 3. The van der Waals surface area contributed by atoms with Crippen molar-refractivity contribution in [3.8, 4) is 11.6 Å². The van der Waals surface area contributed by atoms with E-state index in [1.807, 2.05) is 0 Å². The molecule has 70 valence electrons. The minimum atomic E-state index is 0.464. The number of aryl methyl sites for hydroxylation is 1. The minimum Gasteiger partial charge on any atom is -0.443 e. The third kappa shape index (κ3) is 1.48. The summed E-state index contributed by atoms with van der Waals surface area (Å²) in [7, 11) is 1.76. The van der Waals surface area contributed by atoms with Gasteiger partial charge in [0.15, 0.2) is 5.82 Å². The summed E-state index contributed by atoms with van der Waals surface area (Å²) in [6, 6.07) is 1.73. The van der Waals surface area contributed by atoms with E-state index in [0.717, 1.165) is 0 Å². The van der Waals surface area contributed by atoms with Crippen molar-refractivity contribution < 1.29 is 4.42 Å². The Kier molecular flexibility index (Phi) is 2.22. The van der Waals surface area contributed by atoms with Crippen LogP contribution in [0.25, 0.3) is 11.6 Å². The van der Waals surface area contributed by atoms with Crippen LogP contribution in [0.5, 0.6) is 0 Å². The van der Waals surface area contributed by atoms with Gasteiger partial charge in [0, 0.05) is 13.1 Å². The smallest absolute Gasteiger partial charge is 0.246 e. The molecule has 2 rings (SSSR count). The van der Waals surface area contributed by atoms with Crippen LogP contribution in [-0.2, 0) is 7.05 Å². The van der Waals surface area contributed by atoms with Crippen molar-refractivity contribution in [2.75, 3.05) is 0 Å². The Morgan fingerprint density at radius 1 is 1.64 bits per heavy atom. The van der Waals surface area contributed by atoms with E-state index in [1.54, 1.807) is 24.0 Å². The quantitative estimate of drug-likeness (QED) is 0.555. The predicted octanol–water partition coefficient (Wildman–Crippen LogP) is 1.81. The van der Waals surface area contributed by atoms with Crippen molar-refractivity contribution >= 4 is 23.2 Å². The third-order valence-electron chi connectivity index (χ3n) is 1.67. The van der Waals surface area contributed by atoms with Gasteiger partial charge in [-0.15, -0.1) is 0 Å². The topological polar surface area (TPSA) is 56.2 Å². The van der Waals surface area contributed by atoms with Gasteiger partial charge in [-0.2, -0.15) is 10.1 Å². The maximum atomic E-state index is 5.09. The molecule has 0 radical (unpaired) electrons. The highest BCUT2D eigenvalue weighted by molar-refractivity contribution is 7.78. The number of hydrogen-bond acceptors (Lipinski definition) is 5. The summed E-state index contributed by atoms with van der Waals surface area (Å²) in [4.78, 5) is 7.80. The minimum absolute atomic E-state index is 0.464. The van der Waals surface area contributed by atoms with Gasteiger partial charge in [-0.1, -0.05) is 0 Å². The van der Waals surface area contributed by atoms with Crippen molar-refractivity contribution in [2.24, 2.45) is 12.0 Å². The van der Waals surface area contributed by atoms with Crippen LogP contribution >= 0.6 is 12.2 Å². The normalized spacial score (nSPS) is 9.79. The summed E-state index contributed by atoms with van der Waals surface area (Å²) < 4.78 is 6.67. The Hall–Kier alpha value is -1.78. The molecule has 0 fully saturated rings. The molecule has 0 amide bonds. The summed E-state index contributed by atoms with van der Waals surface area (Å²) in [5.41, 5.74) is 0.626. The molecule has 0 aromatic carbocycles. The van der Waals surface area contributed by atoms with E-state index in [4.69, 9.17) is 4.42 Å². The first kappa shape index (κ1) is 8.80. The molecule has 0 aliphatic rings. The molecule has 0 bridgehead atoms. The lowest BCUT2D eigenvalue weighted by Gasteiger charge is -1.88. The van der Waals surface area contributed by atoms with Gasteiger partial charge in [0.05, 0.1) is 11.4 Å². The second-order valence-corrected chi connectivity index (χ2v) is 2.73. The van der Waals surface area contributed by atoms with Crippen molar-refractivity contribution in [3.63, 3.8) is 0 Å². The zero-order chi connectivity index (χ0) is 9.97. The monoisotopic (exact) mass is 206 g/mol. The van der Waals surface area contributed by atoms with Gasteiger partial charge < -0.3 is 4.42 Å². The molecule has 2 aromatic rings. The molecule has 0 spiro atoms. The van der Waals surface area contributed by atoms with Crippen LogP contribution in [-0.4, -0.2) is 19.9 Å². The Morgan fingerprint density at radius 3 is 3.14 bits per heavy atom. The first-order chi connectivity index (χ1) is 6.81. The van der Waals surface area contributed by atoms with E-state index < -0.39 is 0 Å². The molecule has 0 aliphatic carbocycles. The van der Waals surface area contributed by atoms with Crippen molar-refractivity contribution in [1.82, 2.24) is 14.8 Å². The maximum Gasteiger partial charge on any atom is 0.246 e. The van der Waals surface area contributed by atoms with Gasteiger partial charge in [-0.05, 0) is 12.2 Å². The van der Waals surface area contributed by atoms with Gasteiger partial charge in [-0.3, -0.25) is 0 Å². The Bertz CT molecular complexity index is 481. The van der Waals surface area contributed by atoms with Crippen LogP contribution in [0.2, 0.25) is 0 Å². The molecule has 2 aromatic heterocycles. The molecule has 0 aliphatic heterocycles. The Balaban J connectivity index is 2.47. The molecule has 0 unspecified atom stereocenters. The van der Waals surface area contributed by atoms with Gasteiger partial charge in [0.1, 0.15) is 12.0 Å². The fraction of sp³-hybridized carbons (Fsp3) is 0.125. The van der Waals surface area contributed by atoms with Crippen LogP contribution in [0.3, 0.4) is 0 Å². The maximum absolute atomic E-state index is 5.09. The number of isothiocyanates is 1. The second kappa shape index (κ2) is 3.53. The first-order valence-corrected chi connectivity index (χ1v) is 4.24. The average Bonchev–Trinajstić information content (AvgIpc) is 2.76. The molecule has 0 N–H and O–H groups in total. The first-order valence-electron chi connectivity index (χ1n) is 3.83. The average molecular weight is 206 g/mol. The van der Waals surface area contributed by atoms with E-state index in [-0.39, 0.29) is 0 Å². The summed E-state index contributed by atoms with van der Waals surface area (Å²) >= 11 is 4.51. The van der Waals surface area contributed by atoms with Crippen LogP contribution in [0, 0.1) is 0 Å². The highest BCUT2D eigenvalue weighted by Crippen LogP contribution is 2.20. The van der Waals surface area contributed by atoms with E-state index in [1.165, 1.54) is 6.26 Å². The van der Waals surface area contributed by atoms with E-state index in [9.17, 15) is 0 Å². The summed E-state index contributed by atoms with van der Waals surface area (Å²) in [5, 5.41) is 6.43. The summed E-state index contributed by atoms with van der Waals surface area (Å²) in [5.74, 6) is 1.08. The molecule has 6 heteroatoms. The van der Waals surface area contributed by atoms with E-state index in [0.29, 0.717) is 17.4 Å². The lowest BCUT2D eigenvalue weighted by atomic mass is 10.4. The molecule has 0 saturated heterocycles. The molecule has 0 saturated carbocycles. The van der Waals surface area contributed by atoms with Gasteiger partial charge >= 0.3 is 0 Å². The second-order valence-electron chi connectivity index (χ2n) is 2.55. The number of oxazole rings is 1. The fourth-order valence-electron chi connectivity index (χ4n) is 1.06.